The van der Waals surface area contributed by atoms with E-state index in [-0.39, 0.29) is 25.0 Å². The molecule has 1 aromatic carbocycles. The molecule has 2 unspecified atom stereocenters. The number of aliphatic hydroxyl groups excluding tert-OH is 3. The number of ether oxygens (including phenoxy) is 4. The Morgan fingerprint density at radius 1 is 1.03 bits per heavy atom. The first-order chi connectivity index (χ1) is 17.8. The van der Waals surface area contributed by atoms with Crippen molar-refractivity contribution in [2.75, 3.05) is 39.6 Å². The van der Waals surface area contributed by atoms with Crippen molar-refractivity contribution in [3.05, 3.63) is 36.0 Å². The highest BCUT2D eigenvalue weighted by Crippen LogP contribution is 2.22. The van der Waals surface area contributed by atoms with E-state index in [4.69, 9.17) is 18.9 Å². The molecule has 2 aromatic rings. The third-order valence-electron chi connectivity index (χ3n) is 6.22. The lowest BCUT2D eigenvalue weighted by Crippen LogP contribution is -2.57. The first-order valence-corrected chi connectivity index (χ1v) is 12.2. The van der Waals surface area contributed by atoms with Gasteiger partial charge < -0.3 is 34.3 Å². The van der Waals surface area contributed by atoms with E-state index in [0.29, 0.717) is 50.6 Å². The second-order valence-corrected chi connectivity index (χ2v) is 8.82. The van der Waals surface area contributed by atoms with Gasteiger partial charge in [-0.2, -0.15) is 0 Å². The quantitative estimate of drug-likeness (QED) is 0.182. The molecule has 0 bridgehead atoms. The molecule has 1 aromatic heterocycles. The van der Waals surface area contributed by atoms with E-state index >= 15 is 0 Å². The van der Waals surface area contributed by atoms with Crippen molar-refractivity contribution in [2.45, 2.75) is 50.6 Å². The Morgan fingerprint density at radius 2 is 1.73 bits per heavy atom. The van der Waals surface area contributed by atoms with Gasteiger partial charge in [-0.1, -0.05) is 17.3 Å². The van der Waals surface area contributed by atoms with Gasteiger partial charge in [0.2, 0.25) is 5.91 Å². The molecule has 37 heavy (non-hydrogen) atoms. The smallest absolute Gasteiger partial charge is 0.260 e. The molecule has 0 saturated carbocycles. The van der Waals surface area contributed by atoms with Crippen LogP contribution in [-0.2, 0) is 30.3 Å². The average molecular weight is 521 g/mol. The van der Waals surface area contributed by atoms with Crippen molar-refractivity contribution < 1.29 is 43.9 Å². The minimum atomic E-state index is -1.34. The average Bonchev–Trinajstić information content (AvgIpc) is 3.37. The second kappa shape index (κ2) is 12.6. The Hall–Kier alpha value is -2.78. The summed E-state index contributed by atoms with van der Waals surface area (Å²) in [6, 6.07) is 6.90. The number of carbonyl (C=O) groups excluding carboxylic acids is 2. The number of aromatic nitrogens is 3. The summed E-state index contributed by atoms with van der Waals surface area (Å²) in [6.07, 6.45) is -3.32. The van der Waals surface area contributed by atoms with E-state index in [1.165, 1.54) is 4.90 Å². The van der Waals surface area contributed by atoms with Crippen LogP contribution in [0.25, 0.3) is 11.3 Å². The minimum Gasteiger partial charge on any atom is -0.388 e. The first kappa shape index (κ1) is 27.3. The number of nitrogens with zero attached hydrogens (tertiary/aromatic N) is 4. The fourth-order valence-corrected chi connectivity index (χ4v) is 3.86. The standard InChI is InChI=1S/C24H32N4O9/c1-15-20(30)21(31)22(32)24(37-15)36-13-12-35-11-10-34-9-8-27-14-18(25-26-27)16-2-4-17(5-3-16)23(33)28-7-6-19(28)29/h2-5,14-15,20-22,24,30-32H,6-13H2,1H3/t15-,20?,21+,22-,24?/m0/s1. The summed E-state index contributed by atoms with van der Waals surface area (Å²) in [5.74, 6) is -0.434. The van der Waals surface area contributed by atoms with Crippen molar-refractivity contribution in [3.63, 3.8) is 0 Å². The van der Waals surface area contributed by atoms with Crippen molar-refractivity contribution >= 4 is 11.8 Å². The van der Waals surface area contributed by atoms with Crippen LogP contribution >= 0.6 is 0 Å². The predicted molar refractivity (Wildman–Crippen MR) is 126 cm³/mol. The van der Waals surface area contributed by atoms with E-state index in [9.17, 15) is 24.9 Å². The zero-order valence-electron chi connectivity index (χ0n) is 20.5. The van der Waals surface area contributed by atoms with Gasteiger partial charge in [0.1, 0.15) is 24.0 Å². The van der Waals surface area contributed by atoms with E-state index in [0.717, 1.165) is 5.56 Å². The number of benzene rings is 1. The number of likely N-dealkylation sites (tertiary alicyclic amines) is 1. The number of carbonyl (C=O) groups is 2. The van der Waals surface area contributed by atoms with Gasteiger partial charge in [0, 0.05) is 24.1 Å². The summed E-state index contributed by atoms with van der Waals surface area (Å²) in [5, 5.41) is 37.6. The van der Waals surface area contributed by atoms with Crippen LogP contribution in [0, 0.1) is 0 Å². The highest BCUT2D eigenvalue weighted by atomic mass is 16.7. The number of imide groups is 1. The van der Waals surface area contributed by atoms with Crippen LogP contribution in [0.2, 0.25) is 0 Å². The number of β-lactam (4-membered cyclic amide) rings is 1. The zero-order chi connectivity index (χ0) is 26.4. The molecule has 4 rings (SSSR count). The molecule has 5 atom stereocenters. The highest BCUT2D eigenvalue weighted by molar-refractivity contribution is 6.07. The Labute approximate surface area is 213 Å². The first-order valence-electron chi connectivity index (χ1n) is 12.2. The molecule has 2 aliphatic heterocycles. The van der Waals surface area contributed by atoms with Crippen LogP contribution in [0.3, 0.4) is 0 Å². The molecular weight excluding hydrogens is 488 g/mol. The maximum absolute atomic E-state index is 12.3. The number of hydrogen-bond acceptors (Lipinski definition) is 11. The van der Waals surface area contributed by atoms with Crippen LogP contribution in [-0.4, -0.2) is 117 Å². The summed E-state index contributed by atoms with van der Waals surface area (Å²) in [6.45, 7) is 4.04. The van der Waals surface area contributed by atoms with Gasteiger partial charge in [-0.15, -0.1) is 5.10 Å². The molecule has 0 aliphatic carbocycles. The lowest BCUT2D eigenvalue weighted by Gasteiger charge is -2.38. The van der Waals surface area contributed by atoms with Crippen LogP contribution in [0.5, 0.6) is 0 Å². The summed E-state index contributed by atoms with van der Waals surface area (Å²) in [7, 11) is 0. The molecule has 2 amide bonds. The summed E-state index contributed by atoms with van der Waals surface area (Å²) >= 11 is 0. The van der Waals surface area contributed by atoms with E-state index < -0.39 is 30.7 Å². The van der Waals surface area contributed by atoms with Crippen molar-refractivity contribution in [2.24, 2.45) is 0 Å². The Morgan fingerprint density at radius 3 is 2.41 bits per heavy atom. The summed E-state index contributed by atoms with van der Waals surface area (Å²) in [4.78, 5) is 24.9. The van der Waals surface area contributed by atoms with Gasteiger partial charge >= 0.3 is 0 Å². The minimum absolute atomic E-state index is 0.143. The summed E-state index contributed by atoms with van der Waals surface area (Å²) < 4.78 is 23.4. The Bertz CT molecular complexity index is 1050. The highest BCUT2D eigenvalue weighted by Gasteiger charge is 2.42. The van der Waals surface area contributed by atoms with Gasteiger partial charge in [0.05, 0.1) is 51.9 Å². The van der Waals surface area contributed by atoms with Crippen molar-refractivity contribution in [3.8, 4) is 11.3 Å². The maximum atomic E-state index is 12.3. The molecule has 13 nitrogen and oxygen atoms in total. The van der Waals surface area contributed by atoms with Gasteiger partial charge in [-0.25, -0.2) is 4.68 Å². The Balaban J connectivity index is 1.08. The molecule has 3 heterocycles. The van der Waals surface area contributed by atoms with Gasteiger partial charge in [0.15, 0.2) is 6.29 Å². The SMILES string of the molecule is C[C@@H]1OC(OCCOCCOCCn2cc(-c3ccc(C(=O)N4CCC4=O)cc3)nn2)[C@@H](O)[C@H](O)C1O. The molecule has 2 saturated heterocycles. The van der Waals surface area contributed by atoms with Gasteiger partial charge in [-0.3, -0.25) is 14.5 Å². The summed E-state index contributed by atoms with van der Waals surface area (Å²) in [5.41, 5.74) is 1.92. The molecule has 3 N–H and O–H groups in total. The number of amides is 2. The molecule has 202 valence electrons. The van der Waals surface area contributed by atoms with Crippen LogP contribution < -0.4 is 0 Å². The third-order valence-corrected chi connectivity index (χ3v) is 6.22. The van der Waals surface area contributed by atoms with Gasteiger partial charge in [-0.05, 0) is 19.1 Å². The second-order valence-electron chi connectivity index (χ2n) is 8.82. The lowest BCUT2D eigenvalue weighted by atomic mass is 10.0. The largest absolute Gasteiger partial charge is 0.388 e. The zero-order valence-corrected chi connectivity index (χ0v) is 20.5. The topological polar surface area (TPSA) is 166 Å². The molecule has 0 radical (unpaired) electrons. The van der Waals surface area contributed by atoms with Gasteiger partial charge in [0.25, 0.3) is 5.91 Å². The van der Waals surface area contributed by atoms with E-state index in [2.05, 4.69) is 10.3 Å². The van der Waals surface area contributed by atoms with Crippen LogP contribution in [0.1, 0.15) is 23.7 Å². The maximum Gasteiger partial charge on any atom is 0.260 e. The third kappa shape index (κ3) is 6.76. The fraction of sp³-hybridized carbons (Fsp3) is 0.583. The lowest BCUT2D eigenvalue weighted by molar-refractivity contribution is -0.294. The Kier molecular flexibility index (Phi) is 9.32. The molecule has 2 aliphatic rings. The van der Waals surface area contributed by atoms with E-state index in [1.54, 1.807) is 42.1 Å². The normalized spacial score (nSPS) is 25.8. The number of aliphatic hydroxyl groups is 3. The van der Waals surface area contributed by atoms with E-state index in [1.807, 2.05) is 0 Å². The van der Waals surface area contributed by atoms with Crippen molar-refractivity contribution in [1.82, 2.24) is 19.9 Å². The molecule has 0 spiro atoms. The molecule has 13 heteroatoms. The number of rotatable bonds is 12. The predicted octanol–water partition coefficient (Wildman–Crippen LogP) is -0.805. The molecule has 2 fully saturated rings. The monoisotopic (exact) mass is 520 g/mol. The molecular formula is C24H32N4O9. The van der Waals surface area contributed by atoms with Crippen LogP contribution in [0.15, 0.2) is 30.5 Å². The number of hydrogen-bond donors (Lipinski definition) is 3. The van der Waals surface area contributed by atoms with Crippen LogP contribution in [0.4, 0.5) is 0 Å². The van der Waals surface area contributed by atoms with Crippen molar-refractivity contribution in [1.29, 1.82) is 0 Å². The fourth-order valence-electron chi connectivity index (χ4n) is 3.86.